The minimum atomic E-state index is -4.47. The Morgan fingerprint density at radius 1 is 1.33 bits per heavy atom. The summed E-state index contributed by atoms with van der Waals surface area (Å²) in [6.07, 6.45) is -3.68. The summed E-state index contributed by atoms with van der Waals surface area (Å²) < 4.78 is 36.0. The Hall–Kier alpha value is -0.110. The molecular formula is C5HClF3IN2. The summed E-state index contributed by atoms with van der Waals surface area (Å²) >= 11 is 6.81. The maximum absolute atomic E-state index is 12.1. The van der Waals surface area contributed by atoms with E-state index in [9.17, 15) is 13.2 Å². The maximum atomic E-state index is 12.1. The fourth-order valence-corrected chi connectivity index (χ4v) is 1.26. The van der Waals surface area contributed by atoms with Crippen molar-refractivity contribution >= 4 is 34.2 Å². The van der Waals surface area contributed by atoms with E-state index in [2.05, 4.69) is 9.97 Å². The van der Waals surface area contributed by atoms with Gasteiger partial charge in [0.1, 0.15) is 11.5 Å². The number of rotatable bonds is 0. The standard InChI is InChI=1S/C5HClF3IN2/c6-4-2(10)3(5(7,8)9)11-1-12-4/h1H. The number of hydrogen-bond donors (Lipinski definition) is 0. The number of nitrogens with zero attached hydrogens (tertiary/aromatic N) is 2. The van der Waals surface area contributed by atoms with Gasteiger partial charge in [-0.1, -0.05) is 11.6 Å². The second kappa shape index (κ2) is 3.33. The van der Waals surface area contributed by atoms with Crippen LogP contribution in [0, 0.1) is 3.57 Å². The van der Waals surface area contributed by atoms with Crippen molar-refractivity contribution in [3.8, 4) is 0 Å². The first kappa shape index (κ1) is 9.97. The monoisotopic (exact) mass is 308 g/mol. The summed E-state index contributed by atoms with van der Waals surface area (Å²) in [5.41, 5.74) is -0.997. The van der Waals surface area contributed by atoms with Gasteiger partial charge < -0.3 is 0 Å². The Kier molecular flexibility index (Phi) is 2.77. The molecule has 0 bridgehead atoms. The first-order valence-corrected chi connectivity index (χ1v) is 4.12. The first-order valence-electron chi connectivity index (χ1n) is 2.66. The minimum Gasteiger partial charge on any atom is -0.231 e. The summed E-state index contributed by atoms with van der Waals surface area (Å²) in [5, 5.41) is -0.182. The fourth-order valence-electron chi connectivity index (χ4n) is 0.546. The molecule has 0 saturated heterocycles. The van der Waals surface area contributed by atoms with E-state index in [1.165, 1.54) is 22.6 Å². The average molecular weight is 308 g/mol. The van der Waals surface area contributed by atoms with Crippen LogP contribution in [-0.2, 0) is 6.18 Å². The van der Waals surface area contributed by atoms with E-state index < -0.39 is 11.9 Å². The first-order chi connectivity index (χ1) is 5.43. The zero-order valence-corrected chi connectivity index (χ0v) is 8.28. The van der Waals surface area contributed by atoms with Crippen molar-refractivity contribution in [3.05, 3.63) is 20.7 Å². The zero-order valence-electron chi connectivity index (χ0n) is 5.36. The van der Waals surface area contributed by atoms with E-state index in [4.69, 9.17) is 11.6 Å². The van der Waals surface area contributed by atoms with E-state index in [1.54, 1.807) is 0 Å². The largest absolute Gasteiger partial charge is 0.434 e. The van der Waals surface area contributed by atoms with Gasteiger partial charge in [-0.05, 0) is 22.6 Å². The summed E-state index contributed by atoms with van der Waals surface area (Å²) in [6, 6.07) is 0. The molecule has 0 aliphatic heterocycles. The number of halogens is 5. The van der Waals surface area contributed by atoms with Gasteiger partial charge in [-0.25, -0.2) is 9.97 Å². The van der Waals surface area contributed by atoms with Gasteiger partial charge in [-0.15, -0.1) is 0 Å². The molecule has 0 fully saturated rings. The topological polar surface area (TPSA) is 25.8 Å². The second-order valence-electron chi connectivity index (χ2n) is 1.82. The second-order valence-corrected chi connectivity index (χ2v) is 3.26. The fraction of sp³-hybridized carbons (Fsp3) is 0.200. The number of hydrogen-bond acceptors (Lipinski definition) is 2. The molecule has 7 heteroatoms. The van der Waals surface area contributed by atoms with Crippen molar-refractivity contribution in [2.24, 2.45) is 0 Å². The quantitative estimate of drug-likeness (QED) is 0.544. The molecule has 0 N–H and O–H groups in total. The Morgan fingerprint density at radius 3 is 2.33 bits per heavy atom. The lowest BCUT2D eigenvalue weighted by Gasteiger charge is -2.06. The van der Waals surface area contributed by atoms with E-state index >= 15 is 0 Å². The molecule has 66 valence electrons. The number of alkyl halides is 3. The number of aromatic nitrogens is 2. The van der Waals surface area contributed by atoms with Gasteiger partial charge in [0.05, 0.1) is 3.57 Å². The van der Waals surface area contributed by atoms with Crippen molar-refractivity contribution in [1.29, 1.82) is 0 Å². The highest BCUT2D eigenvalue weighted by molar-refractivity contribution is 14.1. The molecule has 1 rings (SSSR count). The molecule has 12 heavy (non-hydrogen) atoms. The van der Waals surface area contributed by atoms with Gasteiger partial charge in [0.2, 0.25) is 0 Å². The molecule has 1 heterocycles. The molecule has 0 saturated carbocycles. The summed E-state index contributed by atoms with van der Waals surface area (Å²) in [7, 11) is 0. The molecular weight excluding hydrogens is 307 g/mol. The highest BCUT2D eigenvalue weighted by Crippen LogP contribution is 2.32. The summed E-state index contributed by atoms with van der Waals surface area (Å²) in [5.74, 6) is 0. The third-order valence-electron chi connectivity index (χ3n) is 1.02. The molecule has 0 amide bonds. The Balaban J connectivity index is 3.26. The Labute approximate surface area is 84.3 Å². The molecule has 0 aliphatic rings. The average Bonchev–Trinajstić information content (AvgIpc) is 1.92. The molecule has 2 nitrogen and oxygen atoms in total. The van der Waals surface area contributed by atoms with E-state index in [1.807, 2.05) is 0 Å². The predicted octanol–water partition coefficient (Wildman–Crippen LogP) is 2.75. The van der Waals surface area contributed by atoms with Gasteiger partial charge in [-0.3, -0.25) is 0 Å². The van der Waals surface area contributed by atoms with Crippen molar-refractivity contribution in [2.75, 3.05) is 0 Å². The van der Waals surface area contributed by atoms with Crippen LogP contribution < -0.4 is 0 Å². The molecule has 0 atom stereocenters. The van der Waals surface area contributed by atoms with Crippen LogP contribution >= 0.6 is 34.2 Å². The van der Waals surface area contributed by atoms with Gasteiger partial charge in [0.25, 0.3) is 0 Å². The summed E-state index contributed by atoms with van der Waals surface area (Å²) in [4.78, 5) is 6.48. The SMILES string of the molecule is FC(F)(F)c1ncnc(Cl)c1I. The van der Waals surface area contributed by atoms with Crippen molar-refractivity contribution < 1.29 is 13.2 Å². The third kappa shape index (κ3) is 1.98. The van der Waals surface area contributed by atoms with E-state index in [-0.39, 0.29) is 8.72 Å². The van der Waals surface area contributed by atoms with Crippen LogP contribution in [-0.4, -0.2) is 9.97 Å². The van der Waals surface area contributed by atoms with E-state index in [0.29, 0.717) is 0 Å². The summed E-state index contributed by atoms with van der Waals surface area (Å²) in [6.45, 7) is 0. The molecule has 0 radical (unpaired) electrons. The van der Waals surface area contributed by atoms with Crippen LogP contribution in [0.2, 0.25) is 5.15 Å². The van der Waals surface area contributed by atoms with Crippen LogP contribution in [0.5, 0.6) is 0 Å². The smallest absolute Gasteiger partial charge is 0.231 e. The third-order valence-corrected chi connectivity index (χ3v) is 2.64. The lowest BCUT2D eigenvalue weighted by molar-refractivity contribution is -0.142. The van der Waals surface area contributed by atoms with Gasteiger partial charge in [-0.2, -0.15) is 13.2 Å². The highest BCUT2D eigenvalue weighted by atomic mass is 127. The molecule has 0 spiro atoms. The van der Waals surface area contributed by atoms with Crippen LogP contribution in [0.15, 0.2) is 6.33 Å². The van der Waals surface area contributed by atoms with Gasteiger partial charge in [0.15, 0.2) is 5.69 Å². The molecule has 0 unspecified atom stereocenters. The maximum Gasteiger partial charge on any atom is 0.434 e. The molecule has 1 aromatic rings. The predicted molar refractivity (Wildman–Crippen MR) is 44.8 cm³/mol. The van der Waals surface area contributed by atoms with Gasteiger partial charge >= 0.3 is 6.18 Å². The minimum absolute atomic E-state index is 0.177. The molecule has 1 aromatic heterocycles. The van der Waals surface area contributed by atoms with Crippen LogP contribution in [0.4, 0.5) is 13.2 Å². The Bertz CT molecular complexity index is 301. The normalized spacial score (nSPS) is 11.8. The zero-order chi connectivity index (χ0) is 9.35. The lowest BCUT2D eigenvalue weighted by atomic mass is 10.4. The highest BCUT2D eigenvalue weighted by Gasteiger charge is 2.35. The van der Waals surface area contributed by atoms with E-state index in [0.717, 1.165) is 6.33 Å². The van der Waals surface area contributed by atoms with Crippen molar-refractivity contribution in [1.82, 2.24) is 9.97 Å². The lowest BCUT2D eigenvalue weighted by Crippen LogP contribution is -2.11. The molecule has 0 aliphatic carbocycles. The van der Waals surface area contributed by atoms with Gasteiger partial charge in [0, 0.05) is 0 Å². The van der Waals surface area contributed by atoms with Crippen LogP contribution in [0.3, 0.4) is 0 Å². The van der Waals surface area contributed by atoms with Crippen molar-refractivity contribution in [2.45, 2.75) is 6.18 Å². The molecule has 0 aromatic carbocycles. The van der Waals surface area contributed by atoms with Crippen LogP contribution in [0.1, 0.15) is 5.69 Å². The van der Waals surface area contributed by atoms with Crippen molar-refractivity contribution in [3.63, 3.8) is 0 Å². The Morgan fingerprint density at radius 2 is 1.92 bits per heavy atom. The van der Waals surface area contributed by atoms with Crippen LogP contribution in [0.25, 0.3) is 0 Å².